The van der Waals surface area contributed by atoms with Crippen LogP contribution in [0.2, 0.25) is 0 Å². The van der Waals surface area contributed by atoms with Crippen molar-refractivity contribution in [2.24, 2.45) is 4.99 Å². The lowest BCUT2D eigenvalue weighted by atomic mass is 9.77. The van der Waals surface area contributed by atoms with Crippen LogP contribution in [-0.2, 0) is 9.31 Å². The molecule has 0 radical (unpaired) electrons. The van der Waals surface area contributed by atoms with Gasteiger partial charge in [-0.25, -0.2) is 10.4 Å². The number of amidine groups is 1. The highest BCUT2D eigenvalue weighted by Gasteiger charge is 2.52. The van der Waals surface area contributed by atoms with Crippen LogP contribution in [-0.4, -0.2) is 35.8 Å². The van der Waals surface area contributed by atoms with Gasteiger partial charge in [-0.2, -0.15) is 0 Å². The zero-order valence-corrected chi connectivity index (χ0v) is 12.2. The molecule has 6 heteroatoms. The lowest BCUT2D eigenvalue weighted by Gasteiger charge is -2.32. The largest absolute Gasteiger partial charge is 0.496 e. The van der Waals surface area contributed by atoms with Crippen molar-refractivity contribution < 1.29 is 9.31 Å². The highest BCUT2D eigenvalue weighted by atomic mass is 16.7. The van der Waals surface area contributed by atoms with Crippen molar-refractivity contribution in [2.75, 3.05) is 6.67 Å². The zero-order chi connectivity index (χ0) is 13.8. The third kappa shape index (κ3) is 1.95. The number of allylic oxidation sites excluding steroid dienone is 2. The van der Waals surface area contributed by atoms with Gasteiger partial charge in [-0.1, -0.05) is 6.08 Å². The Morgan fingerprint density at radius 2 is 1.89 bits per heavy atom. The monoisotopic (exact) mass is 261 g/mol. The normalized spacial score (nSPS) is 27.9. The molecule has 3 aliphatic heterocycles. The molecule has 3 aliphatic rings. The molecule has 0 aromatic carbocycles. The van der Waals surface area contributed by atoms with E-state index in [1.165, 1.54) is 0 Å². The van der Waals surface area contributed by atoms with Crippen LogP contribution in [0.25, 0.3) is 0 Å². The van der Waals surface area contributed by atoms with Crippen molar-refractivity contribution in [2.45, 2.75) is 45.8 Å². The minimum Gasteiger partial charge on any atom is -0.399 e. The lowest BCUT2D eigenvalue weighted by molar-refractivity contribution is 0.00578. The third-order valence-corrected chi connectivity index (χ3v) is 4.24. The fourth-order valence-corrected chi connectivity index (χ4v) is 2.37. The summed E-state index contributed by atoms with van der Waals surface area (Å²) in [4.78, 5) is 4.39. The summed E-state index contributed by atoms with van der Waals surface area (Å²) < 4.78 is 12.1. The first-order valence-electron chi connectivity index (χ1n) is 6.63. The first kappa shape index (κ1) is 12.9. The summed E-state index contributed by atoms with van der Waals surface area (Å²) in [5.74, 6) is 0.972. The van der Waals surface area contributed by atoms with Crippen LogP contribution in [0.15, 0.2) is 28.3 Å². The summed E-state index contributed by atoms with van der Waals surface area (Å²) in [5.41, 5.74) is 4.70. The van der Waals surface area contributed by atoms with Gasteiger partial charge in [0.1, 0.15) is 12.5 Å². The Kier molecular flexibility index (Phi) is 2.68. The van der Waals surface area contributed by atoms with Crippen molar-refractivity contribution in [3.8, 4) is 0 Å². The quantitative estimate of drug-likeness (QED) is 0.729. The van der Waals surface area contributed by atoms with E-state index in [4.69, 9.17) is 9.31 Å². The summed E-state index contributed by atoms with van der Waals surface area (Å²) in [6.07, 6.45) is 4.09. The van der Waals surface area contributed by atoms with E-state index in [0.717, 1.165) is 16.9 Å². The van der Waals surface area contributed by atoms with Crippen LogP contribution in [0, 0.1) is 0 Å². The van der Waals surface area contributed by atoms with Gasteiger partial charge in [0, 0.05) is 11.7 Å². The van der Waals surface area contributed by atoms with E-state index in [0.29, 0.717) is 6.67 Å². The molecule has 0 saturated carbocycles. The van der Waals surface area contributed by atoms with E-state index in [-0.39, 0.29) is 18.3 Å². The average molecular weight is 261 g/mol. The summed E-state index contributed by atoms with van der Waals surface area (Å²) in [6, 6.07) is 0. The van der Waals surface area contributed by atoms with E-state index in [9.17, 15) is 0 Å². The molecule has 0 unspecified atom stereocenters. The second kappa shape index (κ2) is 3.94. The standard InChI is InChI=1S/C13H20BN3O2/c1-9-6-10(7-17-11(9)15-8-16-17)14-18-12(2,3)13(4,5)19-14/h6-7,16H,8H2,1-5H3. The fourth-order valence-electron chi connectivity index (χ4n) is 2.37. The first-order chi connectivity index (χ1) is 8.80. The summed E-state index contributed by atoms with van der Waals surface area (Å²) >= 11 is 0. The van der Waals surface area contributed by atoms with Crippen LogP contribution in [0.5, 0.6) is 0 Å². The van der Waals surface area contributed by atoms with Crippen molar-refractivity contribution >= 4 is 13.0 Å². The third-order valence-electron chi connectivity index (χ3n) is 4.24. The Morgan fingerprint density at radius 1 is 1.26 bits per heavy atom. The molecule has 102 valence electrons. The van der Waals surface area contributed by atoms with Gasteiger partial charge in [-0.15, -0.1) is 0 Å². The van der Waals surface area contributed by atoms with Gasteiger partial charge in [0.25, 0.3) is 0 Å². The summed E-state index contributed by atoms with van der Waals surface area (Å²) in [6.45, 7) is 10.9. The molecule has 19 heavy (non-hydrogen) atoms. The molecular formula is C13H20BN3O2. The van der Waals surface area contributed by atoms with E-state index in [2.05, 4.69) is 51.1 Å². The zero-order valence-electron chi connectivity index (χ0n) is 12.2. The van der Waals surface area contributed by atoms with Crippen molar-refractivity contribution in [3.05, 3.63) is 23.3 Å². The van der Waals surface area contributed by atoms with Crippen LogP contribution in [0.4, 0.5) is 0 Å². The Balaban J connectivity index is 1.88. The number of aliphatic imine (C=N–C) groups is 1. The second-order valence-electron chi connectivity index (χ2n) is 6.21. The molecule has 3 rings (SSSR count). The Bertz CT molecular complexity index is 492. The number of nitrogens with zero attached hydrogens (tertiary/aromatic N) is 2. The molecule has 0 aromatic heterocycles. The van der Waals surface area contributed by atoms with Crippen LogP contribution < -0.4 is 5.43 Å². The molecule has 0 atom stereocenters. The predicted molar refractivity (Wildman–Crippen MR) is 75.2 cm³/mol. The Labute approximate surface area is 114 Å². The predicted octanol–water partition coefficient (Wildman–Crippen LogP) is 1.64. The molecule has 0 aromatic rings. The topological polar surface area (TPSA) is 46.1 Å². The number of hydrogen-bond donors (Lipinski definition) is 1. The molecule has 1 saturated heterocycles. The van der Waals surface area contributed by atoms with Gasteiger partial charge in [-0.05, 0) is 40.2 Å². The average Bonchev–Trinajstić information content (AvgIpc) is 2.82. The maximum atomic E-state index is 6.07. The van der Waals surface area contributed by atoms with Gasteiger partial charge in [0.05, 0.1) is 11.2 Å². The smallest absolute Gasteiger partial charge is 0.399 e. The van der Waals surface area contributed by atoms with Gasteiger partial charge >= 0.3 is 7.12 Å². The highest BCUT2D eigenvalue weighted by molar-refractivity contribution is 6.56. The van der Waals surface area contributed by atoms with E-state index < -0.39 is 0 Å². The van der Waals surface area contributed by atoms with Crippen molar-refractivity contribution in [1.29, 1.82) is 0 Å². The van der Waals surface area contributed by atoms with Crippen molar-refractivity contribution in [3.63, 3.8) is 0 Å². The molecular weight excluding hydrogens is 241 g/mol. The van der Waals surface area contributed by atoms with E-state index in [1.807, 2.05) is 11.2 Å². The summed E-state index contributed by atoms with van der Waals surface area (Å²) in [7, 11) is -0.330. The molecule has 1 fully saturated rings. The second-order valence-corrected chi connectivity index (χ2v) is 6.21. The van der Waals surface area contributed by atoms with Crippen molar-refractivity contribution in [1.82, 2.24) is 10.4 Å². The number of nitrogens with one attached hydrogen (secondary N) is 1. The molecule has 0 amide bonds. The maximum absolute atomic E-state index is 6.07. The van der Waals surface area contributed by atoms with E-state index >= 15 is 0 Å². The molecule has 0 bridgehead atoms. The molecule has 0 aliphatic carbocycles. The Hall–Kier alpha value is -1.11. The first-order valence-corrected chi connectivity index (χ1v) is 6.63. The summed E-state index contributed by atoms with van der Waals surface area (Å²) in [5, 5.41) is 1.94. The molecule has 1 N–H and O–H groups in total. The SMILES string of the molecule is CC1=CC(B2OC(C)(C)C(C)(C)O2)=CN2NCN=C12. The molecule has 5 nitrogen and oxygen atoms in total. The fraction of sp³-hybridized carbons (Fsp3) is 0.615. The lowest BCUT2D eigenvalue weighted by Crippen LogP contribution is -2.41. The van der Waals surface area contributed by atoms with Crippen LogP contribution >= 0.6 is 0 Å². The van der Waals surface area contributed by atoms with E-state index in [1.54, 1.807) is 0 Å². The van der Waals surface area contributed by atoms with Gasteiger partial charge < -0.3 is 9.31 Å². The molecule has 3 heterocycles. The maximum Gasteiger partial charge on any atom is 0.496 e. The minimum atomic E-state index is -0.330. The Morgan fingerprint density at radius 3 is 2.53 bits per heavy atom. The van der Waals surface area contributed by atoms with Crippen LogP contribution in [0.1, 0.15) is 34.6 Å². The van der Waals surface area contributed by atoms with Gasteiger partial charge in [-0.3, -0.25) is 5.01 Å². The van der Waals surface area contributed by atoms with Gasteiger partial charge in [0.15, 0.2) is 0 Å². The molecule has 0 spiro atoms. The number of rotatable bonds is 1. The number of hydrogen-bond acceptors (Lipinski definition) is 5. The van der Waals surface area contributed by atoms with Gasteiger partial charge in [0.2, 0.25) is 0 Å². The number of fused-ring (bicyclic) bond motifs is 1. The minimum absolute atomic E-state index is 0.312. The highest BCUT2D eigenvalue weighted by Crippen LogP contribution is 2.39. The van der Waals surface area contributed by atoms with Crippen LogP contribution in [0.3, 0.4) is 0 Å². The number of hydrazine groups is 1.